The zero-order chi connectivity index (χ0) is 24.9. The minimum Gasteiger partial charge on any atom is -0.443 e. The summed E-state index contributed by atoms with van der Waals surface area (Å²) in [6.07, 6.45) is 7.09. The first kappa shape index (κ1) is 22.7. The first-order chi connectivity index (χ1) is 17.5. The zero-order valence-electron chi connectivity index (χ0n) is 19.5. The van der Waals surface area contributed by atoms with Crippen LogP contribution >= 0.6 is 11.3 Å². The molecule has 0 unspecified atom stereocenters. The van der Waals surface area contributed by atoms with Gasteiger partial charge in [-0.05, 0) is 60.6 Å². The van der Waals surface area contributed by atoms with E-state index in [0.29, 0.717) is 16.6 Å². The van der Waals surface area contributed by atoms with Crippen molar-refractivity contribution in [2.75, 3.05) is 18.4 Å². The van der Waals surface area contributed by atoms with E-state index >= 15 is 0 Å². The van der Waals surface area contributed by atoms with Gasteiger partial charge in [0, 0.05) is 19.1 Å². The van der Waals surface area contributed by atoms with E-state index in [-0.39, 0.29) is 29.9 Å². The van der Waals surface area contributed by atoms with Gasteiger partial charge in [-0.25, -0.2) is 9.97 Å². The summed E-state index contributed by atoms with van der Waals surface area (Å²) in [7, 11) is 0. The van der Waals surface area contributed by atoms with Gasteiger partial charge < -0.3 is 19.0 Å². The van der Waals surface area contributed by atoms with E-state index in [0.717, 1.165) is 53.8 Å². The Morgan fingerprint density at radius 1 is 1.31 bits per heavy atom. The third kappa shape index (κ3) is 3.82. The standard InChI is InChI=1S/C26H25N5O4S/c1-2-23(33)30-8-7-26(14-30)10-17(11-26)31-19-9-16(13-32)3-4-18(19)28-25(31)29-24(34)22-6-5-21(36-22)20-12-27-15-35-20/h2-6,9,12,15,17,32H,1,7-8,10-11,13-14H2,(H,28,29,34). The lowest BCUT2D eigenvalue weighted by Gasteiger charge is -2.46. The molecular formula is C26H25N5O4S. The number of anilines is 1. The van der Waals surface area contributed by atoms with Crippen LogP contribution in [0.4, 0.5) is 5.95 Å². The number of fused-ring (bicyclic) bond motifs is 1. The van der Waals surface area contributed by atoms with Crippen LogP contribution in [0.1, 0.15) is 40.5 Å². The molecule has 4 aromatic rings. The summed E-state index contributed by atoms with van der Waals surface area (Å²) in [6, 6.07) is 9.37. The fourth-order valence-electron chi connectivity index (χ4n) is 5.50. The molecule has 10 heteroatoms. The van der Waals surface area contributed by atoms with Crippen LogP contribution in [0.25, 0.3) is 21.7 Å². The minimum atomic E-state index is -0.248. The van der Waals surface area contributed by atoms with Gasteiger partial charge in [0.25, 0.3) is 5.91 Å². The Labute approximate surface area is 211 Å². The van der Waals surface area contributed by atoms with Crippen LogP contribution < -0.4 is 5.32 Å². The number of hydrogen-bond donors (Lipinski definition) is 2. The van der Waals surface area contributed by atoms with Crippen LogP contribution in [-0.2, 0) is 11.4 Å². The molecule has 6 rings (SSSR count). The highest BCUT2D eigenvalue weighted by Crippen LogP contribution is 2.55. The fraction of sp³-hybridized carbons (Fsp3) is 0.308. The summed E-state index contributed by atoms with van der Waals surface area (Å²) in [5, 5.41) is 12.7. The molecule has 3 aromatic heterocycles. The van der Waals surface area contributed by atoms with Crippen LogP contribution in [0, 0.1) is 5.41 Å². The molecule has 1 spiro atoms. The van der Waals surface area contributed by atoms with Crippen LogP contribution in [-0.4, -0.2) is 49.4 Å². The van der Waals surface area contributed by atoms with Gasteiger partial charge in [-0.15, -0.1) is 11.3 Å². The number of rotatable bonds is 6. The minimum absolute atomic E-state index is 0.0235. The predicted octanol–water partition coefficient (Wildman–Crippen LogP) is 4.24. The maximum atomic E-state index is 13.2. The Morgan fingerprint density at radius 3 is 2.92 bits per heavy atom. The Kier molecular flexibility index (Phi) is 5.50. The molecule has 184 valence electrons. The number of carbonyl (C=O) groups is 2. The van der Waals surface area contributed by atoms with Crippen LogP contribution in [0.3, 0.4) is 0 Å². The molecule has 1 saturated carbocycles. The highest BCUT2D eigenvalue weighted by molar-refractivity contribution is 7.17. The molecular weight excluding hydrogens is 478 g/mol. The number of aliphatic hydroxyl groups is 1. The molecule has 2 N–H and O–H groups in total. The maximum absolute atomic E-state index is 13.2. The van der Waals surface area contributed by atoms with Gasteiger partial charge in [0.2, 0.25) is 11.9 Å². The van der Waals surface area contributed by atoms with E-state index in [1.54, 1.807) is 12.3 Å². The van der Waals surface area contributed by atoms with Crippen molar-refractivity contribution < 1.29 is 19.1 Å². The number of benzene rings is 1. The van der Waals surface area contributed by atoms with Crippen LogP contribution in [0.2, 0.25) is 0 Å². The van der Waals surface area contributed by atoms with Gasteiger partial charge in [-0.2, -0.15) is 0 Å². The lowest BCUT2D eigenvalue weighted by atomic mass is 9.64. The average molecular weight is 504 g/mol. The number of nitrogens with zero attached hydrogens (tertiary/aromatic N) is 4. The van der Waals surface area contributed by atoms with Crippen molar-refractivity contribution >= 4 is 40.1 Å². The molecule has 2 aliphatic rings. The predicted molar refractivity (Wildman–Crippen MR) is 136 cm³/mol. The zero-order valence-corrected chi connectivity index (χ0v) is 20.3. The largest absolute Gasteiger partial charge is 0.443 e. The second kappa shape index (κ2) is 8.72. The summed E-state index contributed by atoms with van der Waals surface area (Å²) in [5.41, 5.74) is 2.50. The SMILES string of the molecule is C=CC(=O)N1CCC2(CC(n3c(NC(=O)c4ccc(-c5cnco5)s4)nc4ccc(CO)cc43)C2)C1. The molecule has 9 nitrogen and oxygen atoms in total. The Balaban J connectivity index is 1.28. The van der Waals surface area contributed by atoms with Gasteiger partial charge in [-0.3, -0.25) is 14.9 Å². The summed E-state index contributed by atoms with van der Waals surface area (Å²) in [5.74, 6) is 0.826. The third-order valence-electron chi connectivity index (χ3n) is 7.29. The normalized spacial score (nSPS) is 21.1. The number of imidazole rings is 1. The number of aliphatic hydroxyl groups excluding tert-OH is 1. The Bertz CT molecular complexity index is 1460. The Hall–Kier alpha value is -3.76. The lowest BCUT2D eigenvalue weighted by Crippen LogP contribution is -2.42. The number of amides is 2. The molecule has 2 amide bonds. The second-order valence-electron chi connectivity index (χ2n) is 9.55. The van der Waals surface area contributed by atoms with E-state index in [9.17, 15) is 14.7 Å². The monoisotopic (exact) mass is 503 g/mol. The van der Waals surface area contributed by atoms with Crippen molar-refractivity contribution in [2.24, 2.45) is 5.41 Å². The van der Waals surface area contributed by atoms with Gasteiger partial charge in [0.05, 0.1) is 33.6 Å². The smallest absolute Gasteiger partial charge is 0.268 e. The lowest BCUT2D eigenvalue weighted by molar-refractivity contribution is -0.125. The molecule has 36 heavy (non-hydrogen) atoms. The van der Waals surface area contributed by atoms with E-state index in [2.05, 4.69) is 21.4 Å². The third-order valence-corrected chi connectivity index (χ3v) is 8.39. The maximum Gasteiger partial charge on any atom is 0.268 e. The summed E-state index contributed by atoms with van der Waals surface area (Å²) < 4.78 is 7.43. The van der Waals surface area contributed by atoms with Crippen molar-refractivity contribution in [3.05, 3.63) is 66.0 Å². The number of thiophene rings is 1. The summed E-state index contributed by atoms with van der Waals surface area (Å²) >= 11 is 1.32. The Morgan fingerprint density at radius 2 is 2.17 bits per heavy atom. The molecule has 4 heterocycles. The number of oxazole rings is 1. The highest BCUT2D eigenvalue weighted by Gasteiger charge is 2.50. The molecule has 0 bridgehead atoms. The van der Waals surface area contributed by atoms with Gasteiger partial charge in [-0.1, -0.05) is 12.6 Å². The topological polar surface area (TPSA) is 113 Å². The van der Waals surface area contributed by atoms with E-state index in [1.165, 1.54) is 23.8 Å². The van der Waals surface area contributed by atoms with E-state index in [4.69, 9.17) is 9.40 Å². The van der Waals surface area contributed by atoms with E-state index in [1.807, 2.05) is 29.2 Å². The van der Waals surface area contributed by atoms with Crippen molar-refractivity contribution in [3.63, 3.8) is 0 Å². The number of nitrogens with one attached hydrogen (secondary N) is 1. The molecule has 2 fully saturated rings. The highest BCUT2D eigenvalue weighted by atomic mass is 32.1. The van der Waals surface area contributed by atoms with Crippen molar-refractivity contribution in [3.8, 4) is 10.6 Å². The number of likely N-dealkylation sites (tertiary alicyclic amines) is 1. The quantitative estimate of drug-likeness (QED) is 0.381. The van der Waals surface area contributed by atoms with Gasteiger partial charge >= 0.3 is 0 Å². The molecule has 1 aromatic carbocycles. The number of hydrogen-bond acceptors (Lipinski definition) is 7. The van der Waals surface area contributed by atoms with E-state index < -0.39 is 0 Å². The van der Waals surface area contributed by atoms with Gasteiger partial charge in [0.15, 0.2) is 12.2 Å². The summed E-state index contributed by atoms with van der Waals surface area (Å²) in [6.45, 7) is 5.01. The first-order valence-corrected chi connectivity index (χ1v) is 12.6. The summed E-state index contributed by atoms with van der Waals surface area (Å²) in [4.78, 5) is 37.2. The van der Waals surface area contributed by atoms with Crippen molar-refractivity contribution in [2.45, 2.75) is 31.9 Å². The van der Waals surface area contributed by atoms with Crippen molar-refractivity contribution in [1.82, 2.24) is 19.4 Å². The average Bonchev–Trinajstić information content (AvgIpc) is 3.66. The van der Waals surface area contributed by atoms with Gasteiger partial charge in [0.1, 0.15) is 0 Å². The fourth-order valence-corrected chi connectivity index (χ4v) is 6.35. The number of carbonyl (C=O) groups excluding carboxylic acids is 2. The second-order valence-corrected chi connectivity index (χ2v) is 10.6. The first-order valence-electron chi connectivity index (χ1n) is 11.8. The number of aromatic nitrogens is 3. The molecule has 1 aliphatic heterocycles. The molecule has 1 aliphatic carbocycles. The molecule has 0 atom stereocenters. The molecule has 0 radical (unpaired) electrons. The van der Waals surface area contributed by atoms with Crippen LogP contribution in [0.5, 0.6) is 0 Å². The van der Waals surface area contributed by atoms with Crippen molar-refractivity contribution in [1.29, 1.82) is 0 Å². The molecule has 1 saturated heterocycles. The van der Waals surface area contributed by atoms with Crippen LogP contribution in [0.15, 0.2) is 60.0 Å².